The molecule has 7 heteroatoms. The van der Waals surface area contributed by atoms with Crippen LogP contribution in [0.5, 0.6) is 0 Å². The maximum atomic E-state index is 13.3. The summed E-state index contributed by atoms with van der Waals surface area (Å²) in [5, 5.41) is 2.93. The molecule has 2 heterocycles. The van der Waals surface area contributed by atoms with Crippen molar-refractivity contribution in [2.75, 3.05) is 4.90 Å². The minimum Gasteiger partial charge on any atom is -0.318 e. The number of hydrogen-bond donors (Lipinski definition) is 1. The molecule has 0 radical (unpaired) electrons. The Labute approximate surface area is 203 Å². The van der Waals surface area contributed by atoms with Crippen molar-refractivity contribution in [3.8, 4) is 5.69 Å². The minimum atomic E-state index is -0.755. The van der Waals surface area contributed by atoms with Crippen LogP contribution >= 0.6 is 11.6 Å². The van der Waals surface area contributed by atoms with Gasteiger partial charge in [0.25, 0.3) is 11.8 Å². The Kier molecular flexibility index (Phi) is 6.44. The molecule has 34 heavy (non-hydrogen) atoms. The fourth-order valence-electron chi connectivity index (χ4n) is 4.16. The number of halogens is 1. The van der Waals surface area contributed by atoms with Gasteiger partial charge in [-0.3, -0.25) is 14.9 Å². The van der Waals surface area contributed by atoms with Crippen molar-refractivity contribution in [3.05, 3.63) is 87.7 Å². The first-order valence-electron chi connectivity index (χ1n) is 11.2. The van der Waals surface area contributed by atoms with Gasteiger partial charge in [0.05, 0.1) is 5.69 Å². The molecule has 0 saturated carbocycles. The molecule has 1 unspecified atom stereocenters. The smallest absolute Gasteiger partial charge is 0.318 e. The molecule has 174 valence electrons. The molecular weight excluding hydrogens is 450 g/mol. The van der Waals surface area contributed by atoms with E-state index in [0.29, 0.717) is 22.2 Å². The van der Waals surface area contributed by atoms with Crippen LogP contribution < -0.4 is 10.2 Å². The third-order valence-electron chi connectivity index (χ3n) is 6.29. The number of benzene rings is 2. The summed E-state index contributed by atoms with van der Waals surface area (Å²) in [7, 11) is 0. The second-order valence-corrected chi connectivity index (χ2v) is 8.93. The van der Waals surface area contributed by atoms with Crippen LogP contribution in [0.4, 0.5) is 10.5 Å². The Morgan fingerprint density at radius 2 is 1.59 bits per heavy atom. The number of hydrogen-bond acceptors (Lipinski definition) is 3. The van der Waals surface area contributed by atoms with Gasteiger partial charge < -0.3 is 4.57 Å². The van der Waals surface area contributed by atoms with Crippen molar-refractivity contribution in [2.45, 2.75) is 40.0 Å². The Balaban J connectivity index is 1.70. The average molecular weight is 476 g/mol. The largest absolute Gasteiger partial charge is 0.335 e. The van der Waals surface area contributed by atoms with Gasteiger partial charge in [0.2, 0.25) is 0 Å². The normalized spacial score (nSPS) is 16.2. The Bertz CT molecular complexity index is 1300. The molecule has 4 amide bonds. The molecule has 1 atom stereocenters. The van der Waals surface area contributed by atoms with E-state index in [1.807, 2.05) is 60.9 Å². The third-order valence-corrected chi connectivity index (χ3v) is 6.54. The zero-order chi connectivity index (χ0) is 24.6. The lowest BCUT2D eigenvalue weighted by molar-refractivity contribution is -0.122. The van der Waals surface area contributed by atoms with E-state index in [4.69, 9.17) is 11.6 Å². The molecule has 0 aliphatic carbocycles. The van der Waals surface area contributed by atoms with Gasteiger partial charge in [-0.2, -0.15) is 0 Å². The zero-order valence-corrected chi connectivity index (χ0v) is 20.3. The zero-order valence-electron chi connectivity index (χ0n) is 19.6. The fourth-order valence-corrected chi connectivity index (χ4v) is 4.28. The van der Waals surface area contributed by atoms with Crippen LogP contribution in [0.2, 0.25) is 5.02 Å². The van der Waals surface area contributed by atoms with E-state index in [1.165, 1.54) is 0 Å². The quantitative estimate of drug-likeness (QED) is 0.367. The average Bonchev–Trinajstić information content (AvgIpc) is 3.09. The molecule has 1 saturated heterocycles. The maximum absolute atomic E-state index is 13.3. The third kappa shape index (κ3) is 4.29. The number of rotatable bonds is 5. The SMILES string of the molecule is CCC(C)c1ccc(N2C(=O)NC(=O)/C(=C/c3cc(C)n(-c4ccc(Cl)cc4)c3C)C2=O)cc1. The van der Waals surface area contributed by atoms with Gasteiger partial charge in [-0.15, -0.1) is 0 Å². The molecule has 6 nitrogen and oxygen atoms in total. The Hall–Kier alpha value is -3.64. The standard InChI is InChI=1S/C27H26ClN3O3/c1-5-16(2)19-6-10-23(11-7-19)31-26(33)24(25(32)29-27(31)34)15-20-14-17(3)30(18(20)4)22-12-8-21(28)9-13-22/h6-16H,5H2,1-4H3,(H,29,32,34)/b24-15-. The van der Waals surface area contributed by atoms with Crippen LogP contribution in [-0.4, -0.2) is 22.4 Å². The highest BCUT2D eigenvalue weighted by Crippen LogP contribution is 2.28. The molecule has 1 aliphatic heterocycles. The summed E-state index contributed by atoms with van der Waals surface area (Å²) in [6.45, 7) is 8.08. The number of nitrogens with zero attached hydrogens (tertiary/aromatic N) is 2. The predicted molar refractivity (Wildman–Crippen MR) is 134 cm³/mol. The highest BCUT2D eigenvalue weighted by Gasteiger charge is 2.37. The first kappa shape index (κ1) is 23.5. The second-order valence-electron chi connectivity index (χ2n) is 8.50. The van der Waals surface area contributed by atoms with Crippen molar-refractivity contribution < 1.29 is 14.4 Å². The van der Waals surface area contributed by atoms with Crippen LogP contribution in [0.3, 0.4) is 0 Å². The van der Waals surface area contributed by atoms with E-state index in [9.17, 15) is 14.4 Å². The lowest BCUT2D eigenvalue weighted by Crippen LogP contribution is -2.54. The molecule has 2 aromatic carbocycles. The number of carbonyl (C=O) groups excluding carboxylic acids is 3. The first-order valence-corrected chi connectivity index (χ1v) is 11.5. The summed E-state index contributed by atoms with van der Waals surface area (Å²) < 4.78 is 2.02. The van der Waals surface area contributed by atoms with Gasteiger partial charge in [0.15, 0.2) is 0 Å². The maximum Gasteiger partial charge on any atom is 0.335 e. The van der Waals surface area contributed by atoms with Crippen LogP contribution in [0, 0.1) is 13.8 Å². The highest BCUT2D eigenvalue weighted by molar-refractivity contribution is 6.39. The van der Waals surface area contributed by atoms with E-state index in [2.05, 4.69) is 19.2 Å². The van der Waals surface area contributed by atoms with Crippen LogP contribution in [0.15, 0.2) is 60.2 Å². The number of imide groups is 2. The molecule has 4 rings (SSSR count). The predicted octanol–water partition coefficient (Wildman–Crippen LogP) is 5.93. The molecule has 1 N–H and O–H groups in total. The van der Waals surface area contributed by atoms with Crippen molar-refractivity contribution >= 4 is 41.2 Å². The minimum absolute atomic E-state index is 0.0954. The number of urea groups is 1. The number of aryl methyl sites for hydroxylation is 1. The van der Waals surface area contributed by atoms with Crippen molar-refractivity contribution in [3.63, 3.8) is 0 Å². The van der Waals surface area contributed by atoms with Crippen molar-refractivity contribution in [2.24, 2.45) is 0 Å². The number of anilines is 1. The van der Waals surface area contributed by atoms with Crippen LogP contribution in [0.1, 0.15) is 48.7 Å². The topological polar surface area (TPSA) is 71.4 Å². The van der Waals surface area contributed by atoms with E-state index >= 15 is 0 Å². The molecule has 1 aromatic heterocycles. The summed E-state index contributed by atoms with van der Waals surface area (Å²) in [4.78, 5) is 39.5. The van der Waals surface area contributed by atoms with Gasteiger partial charge in [-0.25, -0.2) is 9.69 Å². The summed E-state index contributed by atoms with van der Waals surface area (Å²) >= 11 is 6.02. The molecule has 0 bridgehead atoms. The number of amides is 4. The lowest BCUT2D eigenvalue weighted by Gasteiger charge is -2.26. The summed E-state index contributed by atoms with van der Waals surface area (Å²) in [5.74, 6) is -0.993. The second kappa shape index (κ2) is 9.31. The number of nitrogens with one attached hydrogen (secondary N) is 1. The van der Waals surface area contributed by atoms with Gasteiger partial charge in [-0.1, -0.05) is 37.6 Å². The molecular formula is C27H26ClN3O3. The van der Waals surface area contributed by atoms with Gasteiger partial charge in [0.1, 0.15) is 5.57 Å². The summed E-state index contributed by atoms with van der Waals surface area (Å²) in [6, 6.07) is 15.9. The highest BCUT2D eigenvalue weighted by atomic mass is 35.5. The van der Waals surface area contributed by atoms with Crippen molar-refractivity contribution in [1.29, 1.82) is 0 Å². The molecule has 1 aliphatic rings. The lowest BCUT2D eigenvalue weighted by atomic mass is 9.98. The van der Waals surface area contributed by atoms with Gasteiger partial charge >= 0.3 is 6.03 Å². The van der Waals surface area contributed by atoms with E-state index in [-0.39, 0.29) is 5.57 Å². The van der Waals surface area contributed by atoms with E-state index in [0.717, 1.165) is 34.0 Å². The van der Waals surface area contributed by atoms with Crippen molar-refractivity contribution in [1.82, 2.24) is 9.88 Å². The number of barbiturate groups is 1. The molecule has 0 spiro atoms. The Morgan fingerprint density at radius 1 is 0.971 bits per heavy atom. The van der Waals surface area contributed by atoms with E-state index in [1.54, 1.807) is 18.2 Å². The summed E-state index contributed by atoms with van der Waals surface area (Å²) in [6.07, 6.45) is 2.53. The first-order chi connectivity index (χ1) is 16.2. The number of carbonyl (C=O) groups is 3. The van der Waals surface area contributed by atoms with Crippen LogP contribution in [0.25, 0.3) is 11.8 Å². The van der Waals surface area contributed by atoms with Gasteiger partial charge in [0, 0.05) is 22.1 Å². The monoisotopic (exact) mass is 475 g/mol. The molecule has 3 aromatic rings. The Morgan fingerprint density at radius 3 is 2.21 bits per heavy atom. The van der Waals surface area contributed by atoms with E-state index < -0.39 is 17.8 Å². The molecule has 1 fully saturated rings. The summed E-state index contributed by atoms with van der Waals surface area (Å²) in [5.41, 5.74) is 4.87. The van der Waals surface area contributed by atoms with Gasteiger partial charge in [-0.05, 0) is 85.9 Å². The van der Waals surface area contributed by atoms with Crippen LogP contribution in [-0.2, 0) is 9.59 Å². The fraction of sp³-hybridized carbons (Fsp3) is 0.222. The number of aromatic nitrogens is 1.